The number of hydrogen-bond donors (Lipinski definition) is 3. The second-order valence-electron chi connectivity index (χ2n) is 6.98. The Bertz CT molecular complexity index is 1130. The summed E-state index contributed by atoms with van der Waals surface area (Å²) in [5.41, 5.74) is 2.71. The number of fused-ring (bicyclic) bond motifs is 1. The zero-order valence-electron chi connectivity index (χ0n) is 15.9. The molecule has 0 spiro atoms. The maximum Gasteiger partial charge on any atom is 0.162 e. The molecule has 9 heteroatoms. The van der Waals surface area contributed by atoms with Crippen molar-refractivity contribution in [3.8, 4) is 11.4 Å². The van der Waals surface area contributed by atoms with Crippen molar-refractivity contribution >= 4 is 39.0 Å². The Morgan fingerprint density at radius 1 is 1.10 bits per heavy atom. The monoisotopic (exact) mass is 404 g/mol. The van der Waals surface area contributed by atoms with Gasteiger partial charge in [0.25, 0.3) is 0 Å². The molecule has 1 aliphatic rings. The number of hydrogen-bond acceptors (Lipinski definition) is 9. The number of pyridine rings is 1. The van der Waals surface area contributed by atoms with Crippen molar-refractivity contribution in [3.05, 3.63) is 47.6 Å². The fourth-order valence-corrected chi connectivity index (χ4v) is 4.08. The third-order valence-corrected chi connectivity index (χ3v) is 5.69. The summed E-state index contributed by atoms with van der Waals surface area (Å²) in [7, 11) is 0. The van der Waals surface area contributed by atoms with E-state index in [1.165, 1.54) is 0 Å². The molecule has 0 radical (unpaired) electrons. The first-order valence-electron chi connectivity index (χ1n) is 9.51. The van der Waals surface area contributed by atoms with Gasteiger partial charge >= 0.3 is 0 Å². The van der Waals surface area contributed by atoms with E-state index in [1.54, 1.807) is 17.5 Å². The summed E-state index contributed by atoms with van der Waals surface area (Å²) >= 11 is 1.66. The van der Waals surface area contributed by atoms with Crippen LogP contribution in [0.3, 0.4) is 0 Å². The van der Waals surface area contributed by atoms with Gasteiger partial charge in [0.05, 0.1) is 15.9 Å². The molecule has 1 atom stereocenters. The number of nitrogens with one attached hydrogen (secondary N) is 3. The van der Waals surface area contributed by atoms with Gasteiger partial charge in [-0.3, -0.25) is 0 Å². The van der Waals surface area contributed by atoms with Gasteiger partial charge in [0.2, 0.25) is 0 Å². The molecule has 0 aromatic carbocycles. The van der Waals surface area contributed by atoms with Crippen molar-refractivity contribution in [2.45, 2.75) is 19.4 Å². The van der Waals surface area contributed by atoms with Crippen molar-refractivity contribution < 1.29 is 0 Å². The topological polar surface area (TPSA) is 101 Å². The van der Waals surface area contributed by atoms with Crippen LogP contribution in [0.1, 0.15) is 12.1 Å². The number of aromatic nitrogens is 5. The largest absolute Gasteiger partial charge is 0.365 e. The number of aryl methyl sites for hydroxylation is 1. The minimum absolute atomic E-state index is 0.387. The van der Waals surface area contributed by atoms with Crippen LogP contribution in [0.5, 0.6) is 0 Å². The summed E-state index contributed by atoms with van der Waals surface area (Å²) in [4.78, 5) is 14.0. The maximum atomic E-state index is 4.84. The Kier molecular flexibility index (Phi) is 4.74. The lowest BCUT2D eigenvalue weighted by atomic mass is 10.2. The number of thiophene rings is 1. The molecular weight excluding hydrogens is 384 g/mol. The van der Waals surface area contributed by atoms with Crippen molar-refractivity contribution in [2.75, 3.05) is 23.7 Å². The van der Waals surface area contributed by atoms with Crippen LogP contribution in [0, 0.1) is 6.92 Å². The van der Waals surface area contributed by atoms with E-state index in [9.17, 15) is 0 Å². The molecule has 1 aliphatic heterocycles. The molecule has 0 saturated carbocycles. The summed E-state index contributed by atoms with van der Waals surface area (Å²) in [6.07, 6.45) is 2.83. The van der Waals surface area contributed by atoms with Crippen molar-refractivity contribution in [1.29, 1.82) is 0 Å². The molecule has 146 valence electrons. The van der Waals surface area contributed by atoms with Crippen LogP contribution in [0.15, 0.2) is 41.9 Å². The van der Waals surface area contributed by atoms with Gasteiger partial charge in [0, 0.05) is 24.3 Å². The first-order chi connectivity index (χ1) is 14.2. The molecule has 8 nitrogen and oxygen atoms in total. The Hall–Kier alpha value is -3.17. The van der Waals surface area contributed by atoms with E-state index < -0.39 is 0 Å². The Balaban J connectivity index is 1.47. The van der Waals surface area contributed by atoms with Crippen molar-refractivity contribution in [3.63, 3.8) is 0 Å². The lowest BCUT2D eigenvalue weighted by molar-refractivity contribution is 0.789. The predicted molar refractivity (Wildman–Crippen MR) is 116 cm³/mol. The minimum atomic E-state index is 0.387. The van der Waals surface area contributed by atoms with Gasteiger partial charge in [-0.15, -0.1) is 16.4 Å². The SMILES string of the molecule is Cc1ccc(Nc2cc(-c3nc(N[C@@H]4CCNC4)c4sccc4n3)ccn2)nn1. The van der Waals surface area contributed by atoms with Gasteiger partial charge in [-0.05, 0) is 55.6 Å². The van der Waals surface area contributed by atoms with Crippen LogP contribution in [0.2, 0.25) is 0 Å². The number of nitrogens with zero attached hydrogens (tertiary/aromatic N) is 5. The van der Waals surface area contributed by atoms with Crippen molar-refractivity contribution in [1.82, 2.24) is 30.5 Å². The standard InChI is InChI=1S/C20H20N8S/c1-12-2-3-16(28-27-12)25-17-10-13(4-8-22-17)19-24-15-6-9-29-18(15)20(26-19)23-14-5-7-21-11-14/h2-4,6,8-10,14,21H,5,7,11H2,1H3,(H,22,25,28)(H,23,24,26)/t14-/m1/s1. The maximum absolute atomic E-state index is 4.84. The third kappa shape index (κ3) is 3.87. The predicted octanol–water partition coefficient (Wildman–Crippen LogP) is 3.37. The van der Waals surface area contributed by atoms with Crippen LogP contribution in [-0.2, 0) is 0 Å². The first kappa shape index (κ1) is 17.9. The van der Waals surface area contributed by atoms with Crippen LogP contribution in [0.4, 0.5) is 17.5 Å². The lowest BCUT2D eigenvalue weighted by Gasteiger charge is -2.14. The summed E-state index contributed by atoms with van der Waals surface area (Å²) in [6, 6.07) is 10.0. The van der Waals surface area contributed by atoms with Gasteiger partial charge in [-0.2, -0.15) is 5.10 Å². The molecule has 0 aliphatic carbocycles. The molecule has 3 N–H and O–H groups in total. The average Bonchev–Trinajstić information content (AvgIpc) is 3.42. The molecule has 0 amide bonds. The molecule has 5 heterocycles. The quantitative estimate of drug-likeness (QED) is 0.465. The van der Waals surface area contributed by atoms with Gasteiger partial charge in [-0.25, -0.2) is 15.0 Å². The van der Waals surface area contributed by atoms with E-state index in [4.69, 9.17) is 9.97 Å². The highest BCUT2D eigenvalue weighted by Crippen LogP contribution is 2.30. The second-order valence-corrected chi connectivity index (χ2v) is 7.90. The molecule has 4 aromatic heterocycles. The zero-order chi connectivity index (χ0) is 19.6. The molecule has 5 rings (SSSR count). The minimum Gasteiger partial charge on any atom is -0.365 e. The fourth-order valence-electron chi connectivity index (χ4n) is 3.30. The molecule has 0 bridgehead atoms. The van der Waals surface area contributed by atoms with E-state index in [1.807, 2.05) is 37.3 Å². The van der Waals surface area contributed by atoms with E-state index >= 15 is 0 Å². The number of rotatable bonds is 5. The Labute approximate surface area is 171 Å². The second kappa shape index (κ2) is 7.69. The highest BCUT2D eigenvalue weighted by molar-refractivity contribution is 7.17. The van der Waals surface area contributed by atoms with E-state index in [2.05, 4.69) is 36.5 Å². The highest BCUT2D eigenvalue weighted by Gasteiger charge is 2.18. The fraction of sp³-hybridized carbons (Fsp3) is 0.250. The van der Waals surface area contributed by atoms with Crippen LogP contribution >= 0.6 is 11.3 Å². The molecule has 29 heavy (non-hydrogen) atoms. The summed E-state index contributed by atoms with van der Waals surface area (Å²) in [5, 5.41) is 20.4. The van der Waals surface area contributed by atoms with Gasteiger partial charge in [0.15, 0.2) is 11.6 Å². The molecule has 0 unspecified atom stereocenters. The van der Waals surface area contributed by atoms with Crippen LogP contribution < -0.4 is 16.0 Å². The van der Waals surface area contributed by atoms with Gasteiger partial charge in [0.1, 0.15) is 11.6 Å². The average molecular weight is 405 g/mol. The summed E-state index contributed by atoms with van der Waals surface area (Å²) in [5.74, 6) is 2.88. The van der Waals surface area contributed by atoms with E-state index in [0.717, 1.165) is 46.8 Å². The normalized spacial score (nSPS) is 16.2. The summed E-state index contributed by atoms with van der Waals surface area (Å²) < 4.78 is 1.09. The smallest absolute Gasteiger partial charge is 0.162 e. The third-order valence-electron chi connectivity index (χ3n) is 4.78. The van der Waals surface area contributed by atoms with Crippen LogP contribution in [0.25, 0.3) is 21.6 Å². The van der Waals surface area contributed by atoms with E-state index in [-0.39, 0.29) is 0 Å². The Morgan fingerprint density at radius 3 is 2.90 bits per heavy atom. The molecule has 1 fully saturated rings. The molecule has 1 saturated heterocycles. The summed E-state index contributed by atoms with van der Waals surface area (Å²) in [6.45, 7) is 3.89. The van der Waals surface area contributed by atoms with Crippen LogP contribution in [-0.4, -0.2) is 44.3 Å². The number of anilines is 3. The zero-order valence-corrected chi connectivity index (χ0v) is 16.7. The molecule has 4 aromatic rings. The lowest BCUT2D eigenvalue weighted by Crippen LogP contribution is -2.22. The van der Waals surface area contributed by atoms with E-state index in [0.29, 0.717) is 23.5 Å². The van der Waals surface area contributed by atoms with Gasteiger partial charge in [-0.1, -0.05) is 0 Å². The first-order valence-corrected chi connectivity index (χ1v) is 10.4. The Morgan fingerprint density at radius 2 is 2.07 bits per heavy atom. The van der Waals surface area contributed by atoms with Crippen molar-refractivity contribution in [2.24, 2.45) is 0 Å². The van der Waals surface area contributed by atoms with Gasteiger partial charge < -0.3 is 16.0 Å². The highest BCUT2D eigenvalue weighted by atomic mass is 32.1. The molecular formula is C20H20N8S.